The molecule has 62 heavy (non-hydrogen) atoms. The zero-order valence-corrected chi connectivity index (χ0v) is 38.1. The lowest BCUT2D eigenvalue weighted by Gasteiger charge is -2.48. The molecule has 0 aromatic heterocycles. The molecule has 0 radical (unpaired) electrons. The molecule has 3 fully saturated rings. The van der Waals surface area contributed by atoms with Crippen LogP contribution in [-0.2, 0) is 42.7 Å². The molecule has 1 aromatic carbocycles. The van der Waals surface area contributed by atoms with Crippen molar-refractivity contribution in [2.75, 3.05) is 13.7 Å². The van der Waals surface area contributed by atoms with Crippen molar-refractivity contribution in [3.8, 4) is 0 Å². The van der Waals surface area contributed by atoms with Crippen molar-refractivity contribution >= 4 is 11.9 Å². The summed E-state index contributed by atoms with van der Waals surface area (Å²) < 4.78 is 51.3. The number of allylic oxidation sites excluding steroid dienone is 2. The molecule has 5 heterocycles. The maximum absolute atomic E-state index is 14.7. The Morgan fingerprint density at radius 1 is 0.968 bits per heavy atom. The Balaban J connectivity index is 1.27. The molecule has 12 heteroatoms. The topological polar surface area (TPSA) is 148 Å². The van der Waals surface area contributed by atoms with E-state index in [1.54, 1.807) is 38.3 Å². The van der Waals surface area contributed by atoms with Crippen LogP contribution in [0.2, 0.25) is 0 Å². The van der Waals surface area contributed by atoms with E-state index in [0.717, 1.165) is 23.1 Å². The van der Waals surface area contributed by atoms with Crippen molar-refractivity contribution in [3.63, 3.8) is 0 Å². The van der Waals surface area contributed by atoms with E-state index in [0.29, 0.717) is 36.0 Å². The summed E-state index contributed by atoms with van der Waals surface area (Å²) in [6.07, 6.45) is 9.94. The van der Waals surface area contributed by atoms with Gasteiger partial charge in [0.2, 0.25) is 0 Å². The minimum Gasteiger partial charge on any atom is -0.462 e. The van der Waals surface area contributed by atoms with Crippen LogP contribution in [0.1, 0.15) is 102 Å². The first kappa shape index (κ1) is 46.5. The second-order valence-electron chi connectivity index (χ2n) is 18.8. The molecule has 2 N–H and O–H groups in total. The lowest BCUT2D eigenvalue weighted by molar-refractivity contribution is -0.300. The van der Waals surface area contributed by atoms with Gasteiger partial charge < -0.3 is 48.1 Å². The van der Waals surface area contributed by atoms with E-state index in [2.05, 4.69) is 32.9 Å². The highest BCUT2D eigenvalue weighted by atomic mass is 16.7. The van der Waals surface area contributed by atoms with Crippen LogP contribution < -0.4 is 0 Å². The maximum Gasteiger partial charge on any atom is 0.338 e. The van der Waals surface area contributed by atoms with Crippen molar-refractivity contribution in [1.82, 2.24) is 0 Å². The average molecular weight is 861 g/mol. The number of carbonyl (C=O) groups is 2. The Labute approximate surface area is 367 Å². The fourth-order valence-electron chi connectivity index (χ4n) is 10.3. The summed E-state index contributed by atoms with van der Waals surface area (Å²) in [5.74, 6) is -3.25. The van der Waals surface area contributed by atoms with Crippen LogP contribution in [-0.4, -0.2) is 108 Å². The van der Waals surface area contributed by atoms with Gasteiger partial charge in [-0.25, -0.2) is 4.79 Å². The van der Waals surface area contributed by atoms with Crippen molar-refractivity contribution in [3.05, 3.63) is 94.1 Å². The molecule has 0 saturated carbocycles. The third-order valence-electron chi connectivity index (χ3n) is 13.9. The van der Waals surface area contributed by atoms with Gasteiger partial charge in [-0.3, -0.25) is 4.79 Å². The molecule has 0 unspecified atom stereocenters. The number of esters is 2. The highest BCUT2D eigenvalue weighted by Gasteiger charge is 2.61. The van der Waals surface area contributed by atoms with Crippen LogP contribution in [0.3, 0.4) is 0 Å². The number of hydrogen-bond acceptors (Lipinski definition) is 12. The molecule has 1 aliphatic carbocycles. The number of fused-ring (bicyclic) bond motifs is 2. The smallest absolute Gasteiger partial charge is 0.338 e. The molecule has 16 atom stereocenters. The monoisotopic (exact) mass is 860 g/mol. The third kappa shape index (κ3) is 9.49. The number of benzene rings is 1. The summed E-state index contributed by atoms with van der Waals surface area (Å²) in [5, 5.41) is 23.7. The number of aliphatic hydroxyl groups excluding tert-OH is 1. The summed E-state index contributed by atoms with van der Waals surface area (Å²) in [5.41, 5.74) is 2.29. The predicted octanol–water partition coefficient (Wildman–Crippen LogP) is 7.32. The molecule has 5 aliphatic heterocycles. The fraction of sp³-hybridized carbons (Fsp3) is 0.640. The number of hydrogen-bond donors (Lipinski definition) is 2. The average Bonchev–Trinajstić information content (AvgIpc) is 3.56. The lowest BCUT2D eigenvalue weighted by atomic mass is 9.70. The molecule has 2 bridgehead atoms. The summed E-state index contributed by atoms with van der Waals surface area (Å²) in [6, 6.07) is 5.52. The SMILES string of the molecule is CC[C@H](C)[C@H]1O[C@]2(C=C[C@@H]1C)C[C@@H]1C[C@@H](C/C=C(\C)[C@@H](O[C@H]3C[C@H](OC)[C@@H](O)[C@H](C)O3)[C@@H](C)/C=C/C=C3\CO[C@@H]4[C@H](OC(=O)c5cc(C)cc(C)c5)C(C)=C[C@@H](C(=O)O1)[C@]34O)O2. The van der Waals surface area contributed by atoms with Crippen LogP contribution in [0.5, 0.6) is 0 Å². The highest BCUT2D eigenvalue weighted by Crippen LogP contribution is 2.48. The molecule has 6 aliphatic rings. The van der Waals surface area contributed by atoms with Crippen LogP contribution in [0.15, 0.2) is 77.5 Å². The zero-order chi connectivity index (χ0) is 44.7. The van der Waals surface area contributed by atoms with Gasteiger partial charge in [0.15, 0.2) is 18.2 Å². The minimum absolute atomic E-state index is 0.00788. The predicted molar refractivity (Wildman–Crippen MR) is 232 cm³/mol. The number of rotatable bonds is 7. The van der Waals surface area contributed by atoms with Crippen LogP contribution in [0.4, 0.5) is 0 Å². The first-order valence-electron chi connectivity index (χ1n) is 22.6. The molecular weight excluding hydrogens is 793 g/mol. The fourth-order valence-corrected chi connectivity index (χ4v) is 10.3. The van der Waals surface area contributed by atoms with E-state index in [9.17, 15) is 19.8 Å². The Morgan fingerprint density at radius 2 is 1.71 bits per heavy atom. The van der Waals surface area contributed by atoms with E-state index in [1.165, 1.54) is 0 Å². The van der Waals surface area contributed by atoms with E-state index >= 15 is 0 Å². The van der Waals surface area contributed by atoms with E-state index < -0.39 is 84.4 Å². The van der Waals surface area contributed by atoms with Gasteiger partial charge in [-0.05, 0) is 81.9 Å². The van der Waals surface area contributed by atoms with E-state index in [-0.39, 0.29) is 36.9 Å². The zero-order valence-electron chi connectivity index (χ0n) is 38.1. The largest absolute Gasteiger partial charge is 0.462 e. The molecule has 3 saturated heterocycles. The molecule has 340 valence electrons. The van der Waals surface area contributed by atoms with Gasteiger partial charge in [-0.2, -0.15) is 0 Å². The maximum atomic E-state index is 14.7. The van der Waals surface area contributed by atoms with Gasteiger partial charge in [0.05, 0.1) is 42.7 Å². The highest BCUT2D eigenvalue weighted by molar-refractivity contribution is 5.90. The summed E-state index contributed by atoms with van der Waals surface area (Å²) in [4.78, 5) is 28.4. The van der Waals surface area contributed by atoms with Crippen LogP contribution in [0, 0.1) is 37.5 Å². The van der Waals surface area contributed by atoms with Crippen molar-refractivity contribution in [2.24, 2.45) is 23.7 Å². The van der Waals surface area contributed by atoms with Gasteiger partial charge in [-0.15, -0.1) is 0 Å². The van der Waals surface area contributed by atoms with Gasteiger partial charge in [0.25, 0.3) is 0 Å². The molecule has 7 rings (SSSR count). The van der Waals surface area contributed by atoms with Gasteiger partial charge >= 0.3 is 11.9 Å². The lowest BCUT2D eigenvalue weighted by Crippen LogP contribution is -2.59. The molecule has 0 amide bonds. The standard InChI is InChI=1S/C50H68O12/c1-11-29(4)44-32(7)17-18-49(62-44)25-38-23-37(61-49)16-15-31(6)43(59-41-24-40(55-10)42(51)34(9)57-41)30(5)13-12-14-36-26-56-46-45(33(8)22-39(48(53)58-38)50(36,46)54)60-47(52)35-20-27(2)19-28(3)21-35/h12-15,17-22,29-30,32,34,37-46,51,54H,11,16,23-26H2,1-10H3/b13-12+,31-15+,36-14+/t29-,30-,32-,34-,37+,38-,39-,40-,41-,42-,43-,44+,45+,46+,49+,50+/m0/s1. The van der Waals surface area contributed by atoms with E-state index in [4.69, 9.17) is 37.9 Å². The Morgan fingerprint density at radius 3 is 2.42 bits per heavy atom. The number of aliphatic hydroxyl groups is 2. The molecular formula is C50H68O12. The quantitative estimate of drug-likeness (QED) is 0.209. The molecule has 12 nitrogen and oxygen atoms in total. The van der Waals surface area contributed by atoms with E-state index in [1.807, 2.05) is 58.9 Å². The Hall–Kier alpha value is -3.46. The van der Waals surface area contributed by atoms with Gasteiger partial charge in [0.1, 0.15) is 29.8 Å². The van der Waals surface area contributed by atoms with Crippen molar-refractivity contribution in [2.45, 2.75) is 167 Å². The third-order valence-corrected chi connectivity index (χ3v) is 13.9. The minimum atomic E-state index is -1.91. The first-order valence-corrected chi connectivity index (χ1v) is 22.6. The van der Waals surface area contributed by atoms with Gasteiger partial charge in [-0.1, -0.05) is 87.8 Å². The number of ether oxygens (including phenoxy) is 8. The van der Waals surface area contributed by atoms with Crippen molar-refractivity contribution < 1.29 is 57.7 Å². The number of methoxy groups -OCH3 is 1. The molecule has 1 spiro atoms. The normalized spacial score (nSPS) is 42.7. The number of aryl methyl sites for hydroxylation is 2. The van der Waals surface area contributed by atoms with Crippen LogP contribution >= 0.6 is 0 Å². The summed E-state index contributed by atoms with van der Waals surface area (Å²) >= 11 is 0. The first-order chi connectivity index (χ1) is 29.4. The van der Waals surface area contributed by atoms with Gasteiger partial charge in [0, 0.05) is 38.2 Å². The summed E-state index contributed by atoms with van der Waals surface area (Å²) in [7, 11) is 1.58. The van der Waals surface area contributed by atoms with Crippen LogP contribution in [0.25, 0.3) is 0 Å². The molecule has 1 aromatic rings. The van der Waals surface area contributed by atoms with Crippen molar-refractivity contribution in [1.29, 1.82) is 0 Å². The second-order valence-corrected chi connectivity index (χ2v) is 18.8. The number of carbonyl (C=O) groups excluding carboxylic acids is 2. The summed E-state index contributed by atoms with van der Waals surface area (Å²) in [6.45, 7) is 18.0. The Bertz CT molecular complexity index is 1950. The second kappa shape index (κ2) is 18.9. The Kier molecular flexibility index (Phi) is 14.2.